The molecule has 3 rings (SSSR count). The zero-order chi connectivity index (χ0) is 12.5. The first-order chi connectivity index (χ1) is 8.74. The Morgan fingerprint density at radius 2 is 2.22 bits per heavy atom. The molecule has 0 radical (unpaired) electrons. The maximum Gasteiger partial charge on any atom is 0.282 e. The van der Waals surface area contributed by atoms with Crippen molar-refractivity contribution in [2.24, 2.45) is 5.84 Å². The van der Waals surface area contributed by atoms with Gasteiger partial charge in [-0.3, -0.25) is 0 Å². The average molecular weight is 264 g/mol. The van der Waals surface area contributed by atoms with Crippen LogP contribution in [-0.2, 0) is 0 Å². The highest BCUT2D eigenvalue weighted by atomic mass is 32.2. The van der Waals surface area contributed by atoms with Crippen molar-refractivity contribution in [3.05, 3.63) is 17.8 Å². The highest BCUT2D eigenvalue weighted by Gasteiger charge is 2.27. The SMILES string of the molecule is Cc1nnc(Sc2cc(NN)nc(C3CC3)n2)o1. The van der Waals surface area contributed by atoms with E-state index in [2.05, 4.69) is 25.6 Å². The molecule has 2 aromatic heterocycles. The zero-order valence-corrected chi connectivity index (χ0v) is 10.6. The molecule has 0 amide bonds. The summed E-state index contributed by atoms with van der Waals surface area (Å²) >= 11 is 1.31. The first-order valence-corrected chi connectivity index (χ1v) is 6.40. The summed E-state index contributed by atoms with van der Waals surface area (Å²) in [5, 5.41) is 8.92. The van der Waals surface area contributed by atoms with E-state index in [0.717, 1.165) is 23.7 Å². The van der Waals surface area contributed by atoms with Gasteiger partial charge in [0.2, 0.25) is 5.89 Å². The molecule has 0 unspecified atom stereocenters. The van der Waals surface area contributed by atoms with Crippen LogP contribution in [0.3, 0.4) is 0 Å². The zero-order valence-electron chi connectivity index (χ0n) is 9.75. The summed E-state index contributed by atoms with van der Waals surface area (Å²) in [5.41, 5.74) is 2.55. The lowest BCUT2D eigenvalue weighted by Crippen LogP contribution is -2.10. The first-order valence-electron chi connectivity index (χ1n) is 5.58. The molecule has 0 aromatic carbocycles. The monoisotopic (exact) mass is 264 g/mol. The van der Waals surface area contributed by atoms with Crippen molar-refractivity contribution in [1.29, 1.82) is 0 Å². The van der Waals surface area contributed by atoms with E-state index in [9.17, 15) is 0 Å². The fraction of sp³-hybridized carbons (Fsp3) is 0.400. The van der Waals surface area contributed by atoms with Gasteiger partial charge in [-0.2, -0.15) is 0 Å². The largest absolute Gasteiger partial charge is 0.416 e. The van der Waals surface area contributed by atoms with Crippen LogP contribution >= 0.6 is 11.8 Å². The number of nitrogens with two attached hydrogens (primary N) is 1. The Kier molecular flexibility index (Phi) is 2.88. The van der Waals surface area contributed by atoms with E-state index in [4.69, 9.17) is 10.3 Å². The summed E-state index contributed by atoms with van der Waals surface area (Å²) < 4.78 is 5.31. The quantitative estimate of drug-likeness (QED) is 0.486. The summed E-state index contributed by atoms with van der Waals surface area (Å²) in [7, 11) is 0. The third kappa shape index (κ3) is 2.44. The Labute approximate surface area is 108 Å². The third-order valence-corrected chi connectivity index (χ3v) is 3.27. The maximum atomic E-state index is 5.40. The summed E-state index contributed by atoms with van der Waals surface area (Å²) in [4.78, 5) is 8.81. The lowest BCUT2D eigenvalue weighted by molar-refractivity contribution is 0.429. The fourth-order valence-electron chi connectivity index (χ4n) is 1.50. The Balaban J connectivity index is 1.88. The molecule has 3 N–H and O–H groups in total. The maximum absolute atomic E-state index is 5.40. The van der Waals surface area contributed by atoms with Crippen LogP contribution < -0.4 is 11.3 Å². The van der Waals surface area contributed by atoms with E-state index in [1.165, 1.54) is 11.8 Å². The number of nitrogen functional groups attached to an aromatic ring is 1. The molecule has 1 saturated carbocycles. The molecule has 0 aliphatic heterocycles. The standard InChI is InChI=1S/C10H12N6OS/c1-5-15-16-10(17-5)18-8-4-7(14-11)12-9(13-8)6-2-3-6/h4,6H,2-3,11H2,1H3,(H,12,13,14). The van der Waals surface area contributed by atoms with Gasteiger partial charge < -0.3 is 9.84 Å². The fourth-order valence-corrected chi connectivity index (χ4v) is 2.23. The lowest BCUT2D eigenvalue weighted by atomic mass is 10.4. The van der Waals surface area contributed by atoms with Gasteiger partial charge in [-0.15, -0.1) is 10.2 Å². The van der Waals surface area contributed by atoms with Gasteiger partial charge in [0, 0.05) is 18.9 Å². The molecule has 0 bridgehead atoms. The normalized spacial score (nSPS) is 14.8. The Hall–Kier alpha value is -1.67. The van der Waals surface area contributed by atoms with Crippen LogP contribution in [-0.4, -0.2) is 20.2 Å². The number of hydrogen-bond acceptors (Lipinski definition) is 8. The molecule has 1 fully saturated rings. The van der Waals surface area contributed by atoms with E-state index in [-0.39, 0.29) is 0 Å². The summed E-state index contributed by atoms with van der Waals surface area (Å²) in [5.74, 6) is 7.82. The van der Waals surface area contributed by atoms with Crippen LogP contribution in [0.2, 0.25) is 0 Å². The smallest absolute Gasteiger partial charge is 0.282 e. The van der Waals surface area contributed by atoms with Crippen molar-refractivity contribution in [2.75, 3.05) is 5.43 Å². The molecule has 2 heterocycles. The molecule has 7 nitrogen and oxygen atoms in total. The predicted molar refractivity (Wildman–Crippen MR) is 65.0 cm³/mol. The van der Waals surface area contributed by atoms with Gasteiger partial charge >= 0.3 is 0 Å². The van der Waals surface area contributed by atoms with Gasteiger partial charge in [-0.05, 0) is 24.6 Å². The first kappa shape index (κ1) is 11.4. The molecular formula is C10H12N6OS. The highest BCUT2D eigenvalue weighted by Crippen LogP contribution is 2.39. The average Bonchev–Trinajstić information content (AvgIpc) is 3.14. The number of anilines is 1. The topological polar surface area (TPSA) is 103 Å². The van der Waals surface area contributed by atoms with Crippen molar-refractivity contribution in [1.82, 2.24) is 20.2 Å². The Bertz CT molecular complexity index is 567. The summed E-state index contributed by atoms with van der Waals surface area (Å²) in [6, 6.07) is 1.76. The summed E-state index contributed by atoms with van der Waals surface area (Å²) in [6.07, 6.45) is 2.27. The van der Waals surface area contributed by atoms with E-state index >= 15 is 0 Å². The molecule has 2 aromatic rings. The Morgan fingerprint density at radius 3 is 2.83 bits per heavy atom. The molecule has 0 spiro atoms. The van der Waals surface area contributed by atoms with E-state index < -0.39 is 0 Å². The number of rotatable bonds is 4. The van der Waals surface area contributed by atoms with Crippen molar-refractivity contribution in [3.8, 4) is 0 Å². The molecule has 94 valence electrons. The van der Waals surface area contributed by atoms with Crippen molar-refractivity contribution < 1.29 is 4.42 Å². The minimum Gasteiger partial charge on any atom is -0.416 e. The van der Waals surface area contributed by atoms with E-state index in [1.807, 2.05) is 0 Å². The van der Waals surface area contributed by atoms with Crippen molar-refractivity contribution in [3.63, 3.8) is 0 Å². The van der Waals surface area contributed by atoms with Crippen LogP contribution in [0.15, 0.2) is 20.7 Å². The number of hydrogen-bond donors (Lipinski definition) is 2. The van der Waals surface area contributed by atoms with Crippen molar-refractivity contribution in [2.45, 2.75) is 35.9 Å². The molecule has 18 heavy (non-hydrogen) atoms. The predicted octanol–water partition coefficient (Wildman–Crippen LogP) is 1.48. The van der Waals surface area contributed by atoms with E-state index in [0.29, 0.717) is 22.8 Å². The second-order valence-electron chi connectivity index (χ2n) is 4.06. The molecule has 8 heteroatoms. The summed E-state index contributed by atoms with van der Waals surface area (Å²) in [6.45, 7) is 1.75. The number of nitrogens with one attached hydrogen (secondary N) is 1. The van der Waals surface area contributed by atoms with Gasteiger partial charge in [0.25, 0.3) is 5.22 Å². The number of nitrogens with zero attached hydrogens (tertiary/aromatic N) is 4. The van der Waals surface area contributed by atoms with Crippen molar-refractivity contribution >= 4 is 17.6 Å². The minimum atomic E-state index is 0.460. The van der Waals surface area contributed by atoms with Gasteiger partial charge in [0.1, 0.15) is 16.7 Å². The molecule has 0 saturated heterocycles. The van der Waals surface area contributed by atoms with Gasteiger partial charge in [0.15, 0.2) is 0 Å². The molecular weight excluding hydrogens is 252 g/mol. The van der Waals surface area contributed by atoms with Crippen LogP contribution in [0, 0.1) is 6.92 Å². The lowest BCUT2D eigenvalue weighted by Gasteiger charge is -2.04. The van der Waals surface area contributed by atoms with Crippen LogP contribution in [0.25, 0.3) is 0 Å². The molecule has 1 aliphatic carbocycles. The highest BCUT2D eigenvalue weighted by molar-refractivity contribution is 7.99. The van der Waals surface area contributed by atoms with Gasteiger partial charge in [0.05, 0.1) is 0 Å². The van der Waals surface area contributed by atoms with Crippen LogP contribution in [0.1, 0.15) is 30.5 Å². The van der Waals surface area contributed by atoms with Crippen LogP contribution in [0.5, 0.6) is 0 Å². The Morgan fingerprint density at radius 1 is 1.39 bits per heavy atom. The second kappa shape index (κ2) is 4.54. The van der Waals surface area contributed by atoms with Gasteiger partial charge in [-0.25, -0.2) is 15.8 Å². The van der Waals surface area contributed by atoms with E-state index in [1.54, 1.807) is 13.0 Å². The number of aryl methyl sites for hydroxylation is 1. The molecule has 1 aliphatic rings. The van der Waals surface area contributed by atoms with Gasteiger partial charge in [-0.1, -0.05) is 0 Å². The van der Waals surface area contributed by atoms with Crippen LogP contribution in [0.4, 0.5) is 5.82 Å². The third-order valence-electron chi connectivity index (χ3n) is 2.51. The minimum absolute atomic E-state index is 0.460. The number of aromatic nitrogens is 4. The second-order valence-corrected chi connectivity index (χ2v) is 5.03. The molecule has 0 atom stereocenters. The number of hydrazine groups is 1.